The van der Waals surface area contributed by atoms with Gasteiger partial charge in [-0.2, -0.15) is 5.01 Å². The van der Waals surface area contributed by atoms with Crippen LogP contribution in [0, 0.1) is 17.0 Å². The van der Waals surface area contributed by atoms with Crippen molar-refractivity contribution in [2.45, 2.75) is 26.5 Å². The topological polar surface area (TPSA) is 85.0 Å². The number of hydrazone groups is 1. The summed E-state index contributed by atoms with van der Waals surface area (Å²) < 4.78 is 6.00. The van der Waals surface area contributed by atoms with Gasteiger partial charge in [0.1, 0.15) is 0 Å². The Labute approximate surface area is 144 Å². The zero-order chi connectivity index (χ0) is 18.2. The standard InChI is InChI=1S/C18H17N3O4/c1-12-9-10-15(11-16(12)21(23)24)18(3)20(13(2)22)19-17(25-18)14-7-5-4-6-8-14/h4-11H,1-3H3/t18-/m1/s1. The number of carbonyl (C=O) groups is 1. The van der Waals surface area contributed by atoms with E-state index in [4.69, 9.17) is 4.74 Å². The van der Waals surface area contributed by atoms with Crippen LogP contribution in [0.15, 0.2) is 53.6 Å². The first kappa shape index (κ1) is 16.6. The molecule has 0 unspecified atom stereocenters. The molecule has 0 N–H and O–H groups in total. The minimum atomic E-state index is -1.25. The molecular formula is C18H17N3O4. The van der Waals surface area contributed by atoms with Crippen molar-refractivity contribution in [3.8, 4) is 0 Å². The number of rotatable bonds is 3. The smallest absolute Gasteiger partial charge is 0.272 e. The average Bonchev–Trinajstić information content (AvgIpc) is 2.95. The van der Waals surface area contributed by atoms with Gasteiger partial charge < -0.3 is 4.74 Å². The first-order valence-corrected chi connectivity index (χ1v) is 7.72. The molecule has 0 bridgehead atoms. The summed E-state index contributed by atoms with van der Waals surface area (Å²) in [5.74, 6) is -0.0295. The molecule has 0 saturated heterocycles. The van der Waals surface area contributed by atoms with Crippen LogP contribution in [0.1, 0.15) is 30.5 Å². The maximum atomic E-state index is 12.1. The molecule has 128 valence electrons. The molecule has 0 aliphatic carbocycles. The van der Waals surface area contributed by atoms with E-state index < -0.39 is 10.6 Å². The van der Waals surface area contributed by atoms with Crippen LogP contribution in [0.3, 0.4) is 0 Å². The van der Waals surface area contributed by atoms with Crippen LogP contribution in [-0.4, -0.2) is 21.7 Å². The van der Waals surface area contributed by atoms with Crippen molar-refractivity contribution in [1.29, 1.82) is 0 Å². The molecular weight excluding hydrogens is 322 g/mol. The SMILES string of the molecule is CC(=O)N1N=C(c2ccccc2)O[C@]1(C)c1ccc(C)c([N+](=O)[O-])c1. The number of nitrogens with zero attached hydrogens (tertiary/aromatic N) is 3. The van der Waals surface area contributed by atoms with Gasteiger partial charge in [-0.1, -0.05) is 30.3 Å². The summed E-state index contributed by atoms with van der Waals surface area (Å²) in [6, 6.07) is 14.0. The zero-order valence-corrected chi connectivity index (χ0v) is 14.1. The molecule has 0 fully saturated rings. The molecule has 0 radical (unpaired) electrons. The van der Waals surface area contributed by atoms with E-state index in [1.807, 2.05) is 30.3 Å². The number of carbonyl (C=O) groups excluding carboxylic acids is 1. The van der Waals surface area contributed by atoms with Gasteiger partial charge in [0.25, 0.3) is 5.69 Å². The van der Waals surface area contributed by atoms with Gasteiger partial charge in [0.15, 0.2) is 0 Å². The summed E-state index contributed by atoms with van der Waals surface area (Å²) in [6.45, 7) is 4.71. The minimum absolute atomic E-state index is 0.0287. The van der Waals surface area contributed by atoms with Gasteiger partial charge in [-0.15, -0.1) is 5.10 Å². The van der Waals surface area contributed by atoms with Crippen molar-refractivity contribution >= 4 is 17.5 Å². The van der Waals surface area contributed by atoms with Crippen molar-refractivity contribution in [2.75, 3.05) is 0 Å². The van der Waals surface area contributed by atoms with Crippen molar-refractivity contribution in [1.82, 2.24) is 5.01 Å². The quantitative estimate of drug-likeness (QED) is 0.634. The van der Waals surface area contributed by atoms with E-state index >= 15 is 0 Å². The molecule has 2 aromatic carbocycles. The molecule has 1 atom stereocenters. The molecule has 25 heavy (non-hydrogen) atoms. The largest absolute Gasteiger partial charge is 0.443 e. The molecule has 7 nitrogen and oxygen atoms in total. The highest BCUT2D eigenvalue weighted by atomic mass is 16.6. The van der Waals surface area contributed by atoms with Crippen molar-refractivity contribution in [3.63, 3.8) is 0 Å². The predicted molar refractivity (Wildman–Crippen MR) is 91.8 cm³/mol. The fraction of sp³-hybridized carbons (Fsp3) is 0.222. The Bertz CT molecular complexity index is 879. The van der Waals surface area contributed by atoms with Crippen LogP contribution in [0.2, 0.25) is 0 Å². The lowest BCUT2D eigenvalue weighted by atomic mass is 10.0. The Morgan fingerprint density at radius 2 is 1.92 bits per heavy atom. The van der Waals surface area contributed by atoms with E-state index in [0.29, 0.717) is 17.0 Å². The summed E-state index contributed by atoms with van der Waals surface area (Å²) in [6.07, 6.45) is 0. The third-order valence-corrected chi connectivity index (χ3v) is 4.15. The number of nitro groups is 1. The predicted octanol–water partition coefficient (Wildman–Crippen LogP) is 3.32. The summed E-state index contributed by atoms with van der Waals surface area (Å²) >= 11 is 0. The Morgan fingerprint density at radius 3 is 2.52 bits per heavy atom. The molecule has 1 aliphatic heterocycles. The second-order valence-corrected chi connectivity index (χ2v) is 5.95. The Kier molecular flexibility index (Phi) is 4.00. The maximum absolute atomic E-state index is 12.1. The molecule has 0 saturated carbocycles. The van der Waals surface area contributed by atoms with Gasteiger partial charge in [-0.05, 0) is 19.1 Å². The number of hydrogen-bond acceptors (Lipinski definition) is 5. The van der Waals surface area contributed by atoms with Crippen LogP contribution >= 0.6 is 0 Å². The molecule has 1 aliphatic rings. The van der Waals surface area contributed by atoms with Crippen molar-refractivity contribution < 1.29 is 14.5 Å². The highest BCUT2D eigenvalue weighted by molar-refractivity contribution is 5.96. The Morgan fingerprint density at radius 1 is 1.24 bits per heavy atom. The van der Waals surface area contributed by atoms with Gasteiger partial charge in [0.05, 0.1) is 4.92 Å². The van der Waals surface area contributed by atoms with Gasteiger partial charge in [-0.25, -0.2) is 0 Å². The third kappa shape index (κ3) is 2.84. The lowest BCUT2D eigenvalue weighted by Gasteiger charge is -2.31. The van der Waals surface area contributed by atoms with Gasteiger partial charge in [-0.3, -0.25) is 14.9 Å². The molecule has 3 rings (SSSR count). The fourth-order valence-corrected chi connectivity index (χ4v) is 2.78. The second kappa shape index (κ2) is 6.01. The first-order valence-electron chi connectivity index (χ1n) is 7.72. The van der Waals surface area contributed by atoms with E-state index in [2.05, 4.69) is 5.10 Å². The van der Waals surface area contributed by atoms with E-state index in [0.717, 1.165) is 5.56 Å². The number of aryl methyl sites for hydroxylation is 1. The van der Waals surface area contributed by atoms with Crippen LogP contribution in [0.5, 0.6) is 0 Å². The number of ether oxygens (including phenoxy) is 1. The summed E-state index contributed by atoms with van der Waals surface area (Å²) in [4.78, 5) is 22.9. The molecule has 1 heterocycles. The third-order valence-electron chi connectivity index (χ3n) is 4.15. The number of nitro benzene ring substituents is 1. The molecule has 1 amide bonds. The van der Waals surface area contributed by atoms with E-state index in [1.54, 1.807) is 26.0 Å². The molecule has 2 aromatic rings. The lowest BCUT2D eigenvalue weighted by Crippen LogP contribution is -2.41. The first-order chi connectivity index (χ1) is 11.8. The number of amides is 1. The highest BCUT2D eigenvalue weighted by Crippen LogP contribution is 2.38. The molecule has 0 spiro atoms. The lowest BCUT2D eigenvalue weighted by molar-refractivity contribution is -0.385. The van der Waals surface area contributed by atoms with Crippen LogP contribution in [0.25, 0.3) is 0 Å². The zero-order valence-electron chi connectivity index (χ0n) is 14.1. The monoisotopic (exact) mass is 339 g/mol. The van der Waals surface area contributed by atoms with Crippen molar-refractivity contribution in [3.05, 3.63) is 75.3 Å². The van der Waals surface area contributed by atoms with Crippen LogP contribution < -0.4 is 0 Å². The summed E-state index contributed by atoms with van der Waals surface area (Å²) in [5, 5.41) is 16.8. The highest BCUT2D eigenvalue weighted by Gasteiger charge is 2.45. The van der Waals surface area contributed by atoms with Crippen molar-refractivity contribution in [2.24, 2.45) is 5.10 Å². The van der Waals surface area contributed by atoms with E-state index in [9.17, 15) is 14.9 Å². The average molecular weight is 339 g/mol. The van der Waals surface area contributed by atoms with Gasteiger partial charge in [0, 0.05) is 36.6 Å². The van der Waals surface area contributed by atoms with E-state index in [1.165, 1.54) is 18.0 Å². The normalized spacial score (nSPS) is 19.3. The maximum Gasteiger partial charge on any atom is 0.272 e. The summed E-state index contributed by atoms with van der Waals surface area (Å²) in [5.41, 5.74) is 0.455. The van der Waals surface area contributed by atoms with Gasteiger partial charge in [0.2, 0.25) is 17.5 Å². The summed E-state index contributed by atoms with van der Waals surface area (Å²) in [7, 11) is 0. The second-order valence-electron chi connectivity index (χ2n) is 5.95. The molecule has 0 aromatic heterocycles. The van der Waals surface area contributed by atoms with Gasteiger partial charge >= 0.3 is 0 Å². The van der Waals surface area contributed by atoms with E-state index in [-0.39, 0.29) is 11.6 Å². The van der Waals surface area contributed by atoms with Crippen LogP contribution in [-0.2, 0) is 15.3 Å². The Hall–Kier alpha value is -3.22. The molecule has 7 heteroatoms. The van der Waals surface area contributed by atoms with Crippen LogP contribution in [0.4, 0.5) is 5.69 Å². The Balaban J connectivity index is 2.07. The number of hydrogen-bond donors (Lipinski definition) is 0. The fourth-order valence-electron chi connectivity index (χ4n) is 2.78. The number of benzene rings is 2. The minimum Gasteiger partial charge on any atom is -0.443 e.